The zero-order valence-electron chi connectivity index (χ0n) is 14.0. The summed E-state index contributed by atoms with van der Waals surface area (Å²) in [4.78, 5) is 31.4. The van der Waals surface area contributed by atoms with Crippen LogP contribution in [0.15, 0.2) is 16.9 Å². The van der Waals surface area contributed by atoms with Crippen molar-refractivity contribution >= 4 is 35.2 Å². The molecule has 0 bridgehead atoms. The third kappa shape index (κ3) is 2.72. The first-order valence-corrected chi connectivity index (χ1v) is 7.96. The van der Waals surface area contributed by atoms with E-state index in [0.29, 0.717) is 17.4 Å². The summed E-state index contributed by atoms with van der Waals surface area (Å²) in [7, 11) is -0.112. The summed E-state index contributed by atoms with van der Waals surface area (Å²) in [5, 5.41) is 19.0. The molecule has 126 valence electrons. The Kier molecular flexibility index (Phi) is 4.19. The van der Waals surface area contributed by atoms with Crippen LogP contribution in [-0.2, 0) is 7.05 Å². The normalized spacial score (nSPS) is 17.5. The topological polar surface area (TPSA) is 95.7 Å². The number of hydrogen-bond donors (Lipinski definition) is 2. The summed E-state index contributed by atoms with van der Waals surface area (Å²) >= 11 is 0. The Morgan fingerprint density at radius 1 is 1.38 bits per heavy atom. The molecule has 2 heterocycles. The van der Waals surface area contributed by atoms with Gasteiger partial charge >= 0.3 is 7.12 Å². The lowest BCUT2D eigenvalue weighted by Crippen LogP contribution is -2.34. The van der Waals surface area contributed by atoms with Crippen molar-refractivity contribution in [2.45, 2.75) is 20.3 Å². The molecule has 3 rings (SSSR count). The van der Waals surface area contributed by atoms with Crippen molar-refractivity contribution in [2.24, 2.45) is 13.0 Å². The van der Waals surface area contributed by atoms with Crippen molar-refractivity contribution in [1.29, 1.82) is 0 Å². The van der Waals surface area contributed by atoms with Crippen LogP contribution < -0.4 is 15.9 Å². The molecule has 0 amide bonds. The molecule has 1 unspecified atom stereocenters. The summed E-state index contributed by atoms with van der Waals surface area (Å²) in [5.41, 5.74) is 0.333. The molecule has 1 saturated heterocycles. The second kappa shape index (κ2) is 6.03. The molecule has 2 aromatic rings. The van der Waals surface area contributed by atoms with Gasteiger partial charge in [-0.1, -0.05) is 6.92 Å². The molecule has 1 aromatic heterocycles. The van der Waals surface area contributed by atoms with Gasteiger partial charge in [-0.15, -0.1) is 0 Å². The maximum Gasteiger partial charge on any atom is 0.488 e. The van der Waals surface area contributed by atoms with Gasteiger partial charge in [0.2, 0.25) is 5.95 Å². The van der Waals surface area contributed by atoms with E-state index >= 15 is 0 Å². The third-order valence-electron chi connectivity index (χ3n) is 4.56. The number of carbonyl (C=O) groups is 1. The smallest absolute Gasteiger partial charge is 0.423 e. The molecular weight excluding hydrogens is 309 g/mol. The lowest BCUT2D eigenvalue weighted by molar-refractivity contribution is 0.101. The molecule has 0 saturated carbocycles. The number of Topliss-reactive ketones (excluding diaryl/α,β-unsaturated/α-hetero) is 1. The van der Waals surface area contributed by atoms with Gasteiger partial charge in [-0.05, 0) is 36.9 Å². The van der Waals surface area contributed by atoms with Crippen LogP contribution in [0, 0.1) is 5.92 Å². The van der Waals surface area contributed by atoms with Gasteiger partial charge in [-0.2, -0.15) is 0 Å². The summed E-state index contributed by atoms with van der Waals surface area (Å²) < 4.78 is 1.46. The first-order valence-electron chi connectivity index (χ1n) is 7.96. The highest BCUT2D eigenvalue weighted by molar-refractivity contribution is 6.59. The molecule has 0 aliphatic carbocycles. The average Bonchev–Trinajstić information content (AvgIpc) is 2.95. The van der Waals surface area contributed by atoms with E-state index in [9.17, 15) is 19.6 Å². The minimum absolute atomic E-state index is 0.106. The second-order valence-electron chi connectivity index (χ2n) is 6.51. The van der Waals surface area contributed by atoms with Crippen LogP contribution in [0.1, 0.15) is 30.6 Å². The number of nitrogens with zero attached hydrogens (tertiary/aromatic N) is 3. The molecule has 2 N–H and O–H groups in total. The van der Waals surface area contributed by atoms with Crippen molar-refractivity contribution in [3.05, 3.63) is 28.0 Å². The molecule has 0 spiro atoms. The SMILES string of the molecule is CC(=O)c1cc(B(O)O)cc2c(=O)n(C)c(N3CCC(C)C3)nc12. The van der Waals surface area contributed by atoms with Crippen LogP contribution in [0.5, 0.6) is 0 Å². The number of carbonyl (C=O) groups excluding carboxylic acids is 1. The molecule has 1 aliphatic heterocycles. The second-order valence-corrected chi connectivity index (χ2v) is 6.51. The zero-order chi connectivity index (χ0) is 17.6. The van der Waals surface area contributed by atoms with Crippen LogP contribution in [0.2, 0.25) is 0 Å². The Bertz CT molecular complexity index is 878. The van der Waals surface area contributed by atoms with Gasteiger partial charge < -0.3 is 14.9 Å². The fourth-order valence-corrected chi connectivity index (χ4v) is 3.20. The Morgan fingerprint density at radius 2 is 2.08 bits per heavy atom. The third-order valence-corrected chi connectivity index (χ3v) is 4.56. The standard InChI is InChI=1S/C16H20BN3O4/c1-9-4-5-20(8-9)16-18-14-12(10(2)21)6-11(17(23)24)7-13(14)15(22)19(16)3/h6-7,9,23-24H,4-5,8H2,1-3H3. The summed E-state index contributed by atoms with van der Waals surface area (Å²) in [6, 6.07) is 2.77. The summed E-state index contributed by atoms with van der Waals surface area (Å²) in [5.74, 6) is 0.789. The van der Waals surface area contributed by atoms with Gasteiger partial charge in [0.1, 0.15) is 0 Å². The summed E-state index contributed by atoms with van der Waals surface area (Å²) in [6.45, 7) is 5.15. The highest BCUT2D eigenvalue weighted by Gasteiger charge is 2.25. The van der Waals surface area contributed by atoms with Gasteiger partial charge in [0.05, 0.1) is 10.9 Å². The van der Waals surface area contributed by atoms with Crippen molar-refractivity contribution in [1.82, 2.24) is 9.55 Å². The van der Waals surface area contributed by atoms with Crippen molar-refractivity contribution < 1.29 is 14.8 Å². The lowest BCUT2D eigenvalue weighted by atomic mass is 9.78. The number of ketones is 1. The van der Waals surface area contributed by atoms with E-state index in [1.807, 2.05) is 4.90 Å². The highest BCUT2D eigenvalue weighted by Crippen LogP contribution is 2.23. The van der Waals surface area contributed by atoms with E-state index in [-0.39, 0.29) is 27.8 Å². The molecule has 1 fully saturated rings. The first-order chi connectivity index (χ1) is 11.3. The number of aromatic nitrogens is 2. The largest absolute Gasteiger partial charge is 0.488 e. The van der Waals surface area contributed by atoms with E-state index in [4.69, 9.17) is 0 Å². The minimum Gasteiger partial charge on any atom is -0.423 e. The van der Waals surface area contributed by atoms with E-state index in [1.54, 1.807) is 7.05 Å². The van der Waals surface area contributed by atoms with E-state index < -0.39 is 7.12 Å². The molecule has 1 aliphatic rings. The monoisotopic (exact) mass is 329 g/mol. The number of fused-ring (bicyclic) bond motifs is 1. The van der Waals surface area contributed by atoms with E-state index in [0.717, 1.165) is 19.5 Å². The zero-order valence-corrected chi connectivity index (χ0v) is 14.0. The maximum atomic E-state index is 12.8. The Labute approximate surface area is 139 Å². The Hall–Kier alpha value is -2.19. The summed E-state index contributed by atoms with van der Waals surface area (Å²) in [6.07, 6.45) is 1.03. The number of rotatable bonds is 3. The van der Waals surface area contributed by atoms with Crippen molar-refractivity contribution in [3.63, 3.8) is 0 Å². The van der Waals surface area contributed by atoms with Gasteiger partial charge in [-0.3, -0.25) is 14.2 Å². The minimum atomic E-state index is -1.75. The molecule has 8 heteroatoms. The van der Waals surface area contributed by atoms with Crippen molar-refractivity contribution in [3.8, 4) is 0 Å². The van der Waals surface area contributed by atoms with Crippen LogP contribution in [0.25, 0.3) is 10.9 Å². The fraction of sp³-hybridized carbons (Fsp3) is 0.438. The fourth-order valence-electron chi connectivity index (χ4n) is 3.20. The first kappa shape index (κ1) is 16.7. The van der Waals surface area contributed by atoms with Gasteiger partial charge in [0, 0.05) is 25.7 Å². The number of anilines is 1. The lowest BCUT2D eigenvalue weighted by Gasteiger charge is -2.21. The Morgan fingerprint density at radius 3 is 2.62 bits per heavy atom. The molecule has 24 heavy (non-hydrogen) atoms. The van der Waals surface area contributed by atoms with Gasteiger partial charge in [0.15, 0.2) is 5.78 Å². The van der Waals surface area contributed by atoms with Crippen LogP contribution in [0.4, 0.5) is 5.95 Å². The predicted molar refractivity (Wildman–Crippen MR) is 92.8 cm³/mol. The van der Waals surface area contributed by atoms with Crippen LogP contribution >= 0.6 is 0 Å². The molecule has 1 atom stereocenters. The predicted octanol–water partition coefficient (Wildman–Crippen LogP) is -0.338. The molecular formula is C16H20BN3O4. The van der Waals surface area contributed by atoms with E-state index in [1.165, 1.54) is 23.6 Å². The molecule has 1 aromatic carbocycles. The number of hydrogen-bond acceptors (Lipinski definition) is 6. The Balaban J connectivity index is 2.30. The molecule has 7 nitrogen and oxygen atoms in total. The molecule has 0 radical (unpaired) electrons. The van der Waals surface area contributed by atoms with Crippen molar-refractivity contribution in [2.75, 3.05) is 18.0 Å². The average molecular weight is 329 g/mol. The van der Waals surface area contributed by atoms with E-state index in [2.05, 4.69) is 11.9 Å². The maximum absolute atomic E-state index is 12.8. The van der Waals surface area contributed by atoms with Crippen LogP contribution in [0.3, 0.4) is 0 Å². The highest BCUT2D eigenvalue weighted by atomic mass is 16.4. The van der Waals surface area contributed by atoms with Gasteiger partial charge in [-0.25, -0.2) is 4.98 Å². The van der Waals surface area contributed by atoms with Gasteiger partial charge in [0.25, 0.3) is 5.56 Å². The number of benzene rings is 1. The van der Waals surface area contributed by atoms with Crippen LogP contribution in [-0.4, -0.2) is 45.6 Å². The quantitative estimate of drug-likeness (QED) is 0.591.